The fraction of sp³-hybridized carbons (Fsp3) is 0.0690. The molecule has 0 N–H and O–H groups in total. The zero-order valence-corrected chi connectivity index (χ0v) is 22.1. The van der Waals surface area contributed by atoms with Crippen LogP contribution < -0.4 is 5.01 Å². The standard InChI is InChI=1S/C29H19Br2FN4/c30-21-10-6-18(7-11-21)26-17-27(19-8-13-23(32)14-9-19)36(35-26)29-33-25-15-12-22(31)16-24(25)28(34-29)20-4-2-1-3-5-20/h1-16,27H,17H2. The van der Waals surface area contributed by atoms with Crippen molar-refractivity contribution in [3.8, 4) is 11.3 Å². The molecule has 0 saturated carbocycles. The van der Waals surface area contributed by atoms with Crippen LogP contribution in [-0.2, 0) is 0 Å². The van der Waals surface area contributed by atoms with E-state index in [4.69, 9.17) is 15.1 Å². The van der Waals surface area contributed by atoms with E-state index in [0.717, 1.165) is 47.9 Å². The molecule has 176 valence electrons. The van der Waals surface area contributed by atoms with Crippen molar-refractivity contribution in [1.82, 2.24) is 9.97 Å². The lowest BCUT2D eigenvalue weighted by molar-refractivity contribution is 0.623. The number of hydrogen-bond donors (Lipinski definition) is 0. The SMILES string of the molecule is Fc1ccc(C2CC(c3ccc(Br)cc3)=NN2c2nc(-c3ccccc3)c3cc(Br)ccc3n2)cc1. The zero-order chi connectivity index (χ0) is 24.6. The van der Waals surface area contributed by atoms with Gasteiger partial charge in [-0.15, -0.1) is 0 Å². The summed E-state index contributed by atoms with van der Waals surface area (Å²) in [7, 11) is 0. The van der Waals surface area contributed by atoms with Gasteiger partial charge in [0.25, 0.3) is 0 Å². The summed E-state index contributed by atoms with van der Waals surface area (Å²) in [6.07, 6.45) is 0.648. The first-order valence-corrected chi connectivity index (χ1v) is 13.0. The summed E-state index contributed by atoms with van der Waals surface area (Å²) in [5, 5.41) is 7.83. The number of fused-ring (bicyclic) bond motifs is 1. The molecule has 5 aromatic rings. The van der Waals surface area contributed by atoms with E-state index in [1.165, 1.54) is 12.1 Å². The van der Waals surface area contributed by atoms with Crippen molar-refractivity contribution in [3.63, 3.8) is 0 Å². The molecule has 1 aliphatic heterocycles. The maximum atomic E-state index is 13.7. The fourth-order valence-corrected chi connectivity index (χ4v) is 5.09. The number of halogens is 3. The summed E-state index contributed by atoms with van der Waals surface area (Å²) in [4.78, 5) is 9.96. The summed E-state index contributed by atoms with van der Waals surface area (Å²) in [5.74, 6) is 0.237. The molecule has 0 saturated heterocycles. The summed E-state index contributed by atoms with van der Waals surface area (Å²) < 4.78 is 15.7. The third-order valence-electron chi connectivity index (χ3n) is 6.24. The van der Waals surface area contributed by atoms with Gasteiger partial charge in [-0.3, -0.25) is 0 Å². The Hall–Kier alpha value is -3.42. The molecule has 0 amide bonds. The predicted octanol–water partition coefficient (Wildman–Crippen LogP) is 8.32. The number of hydrazone groups is 1. The topological polar surface area (TPSA) is 41.4 Å². The maximum Gasteiger partial charge on any atom is 0.247 e. The molecule has 1 atom stereocenters. The molecule has 1 aromatic heterocycles. The highest BCUT2D eigenvalue weighted by molar-refractivity contribution is 9.10. The highest BCUT2D eigenvalue weighted by Crippen LogP contribution is 2.38. The molecule has 0 radical (unpaired) electrons. The first kappa shape index (κ1) is 23.0. The molecule has 1 aliphatic rings. The van der Waals surface area contributed by atoms with Crippen LogP contribution in [0.3, 0.4) is 0 Å². The van der Waals surface area contributed by atoms with Gasteiger partial charge in [0.05, 0.1) is 23.0 Å². The van der Waals surface area contributed by atoms with E-state index in [1.54, 1.807) is 0 Å². The lowest BCUT2D eigenvalue weighted by atomic mass is 9.98. The highest BCUT2D eigenvalue weighted by atomic mass is 79.9. The normalized spacial score (nSPS) is 15.4. The van der Waals surface area contributed by atoms with Crippen LogP contribution in [0.15, 0.2) is 111 Å². The molecule has 4 nitrogen and oxygen atoms in total. The molecule has 1 unspecified atom stereocenters. The van der Waals surface area contributed by atoms with E-state index in [1.807, 2.05) is 89.9 Å². The minimum atomic E-state index is -0.267. The summed E-state index contributed by atoms with van der Waals surface area (Å²) in [6.45, 7) is 0. The average molecular weight is 602 g/mol. The van der Waals surface area contributed by atoms with Gasteiger partial charge in [0.1, 0.15) is 5.82 Å². The van der Waals surface area contributed by atoms with Gasteiger partial charge < -0.3 is 0 Å². The first-order chi connectivity index (χ1) is 17.5. The monoisotopic (exact) mass is 600 g/mol. The van der Waals surface area contributed by atoms with Crippen molar-refractivity contribution < 1.29 is 4.39 Å². The van der Waals surface area contributed by atoms with Crippen LogP contribution in [0.2, 0.25) is 0 Å². The van der Waals surface area contributed by atoms with Gasteiger partial charge >= 0.3 is 0 Å². The van der Waals surface area contributed by atoms with Crippen molar-refractivity contribution in [1.29, 1.82) is 0 Å². The van der Waals surface area contributed by atoms with Crippen molar-refractivity contribution in [2.75, 3.05) is 5.01 Å². The molecule has 0 spiro atoms. The average Bonchev–Trinajstić information content (AvgIpc) is 3.35. The Kier molecular flexibility index (Phi) is 6.11. The Bertz CT molecular complexity index is 1590. The van der Waals surface area contributed by atoms with Crippen molar-refractivity contribution >= 4 is 54.4 Å². The molecule has 0 fully saturated rings. The van der Waals surface area contributed by atoms with Crippen LogP contribution in [0, 0.1) is 5.82 Å². The van der Waals surface area contributed by atoms with Crippen LogP contribution in [0.5, 0.6) is 0 Å². The predicted molar refractivity (Wildman–Crippen MR) is 150 cm³/mol. The number of benzene rings is 4. The smallest absolute Gasteiger partial charge is 0.223 e. The minimum absolute atomic E-state index is 0.166. The third-order valence-corrected chi connectivity index (χ3v) is 7.26. The van der Waals surface area contributed by atoms with E-state index in [-0.39, 0.29) is 11.9 Å². The van der Waals surface area contributed by atoms with Gasteiger partial charge in [-0.1, -0.05) is 86.5 Å². The Morgan fingerprint density at radius 2 is 1.47 bits per heavy atom. The third kappa shape index (κ3) is 4.45. The van der Waals surface area contributed by atoms with Gasteiger partial charge in [0.15, 0.2) is 0 Å². The first-order valence-electron chi connectivity index (χ1n) is 11.5. The van der Waals surface area contributed by atoms with Gasteiger partial charge in [-0.05, 0) is 53.6 Å². The van der Waals surface area contributed by atoms with Crippen molar-refractivity contribution in [2.24, 2.45) is 5.10 Å². The Labute approximate surface area is 224 Å². The van der Waals surface area contributed by atoms with Crippen molar-refractivity contribution in [2.45, 2.75) is 12.5 Å². The van der Waals surface area contributed by atoms with E-state index in [9.17, 15) is 4.39 Å². The van der Waals surface area contributed by atoms with Gasteiger partial charge in [-0.25, -0.2) is 19.4 Å². The summed E-state index contributed by atoms with van der Waals surface area (Å²) in [6, 6.07) is 30.6. The van der Waals surface area contributed by atoms with E-state index in [2.05, 4.69) is 31.9 Å². The maximum absolute atomic E-state index is 13.7. The molecule has 2 heterocycles. The number of hydrogen-bond acceptors (Lipinski definition) is 4. The van der Waals surface area contributed by atoms with Gasteiger partial charge in [0.2, 0.25) is 5.95 Å². The second-order valence-electron chi connectivity index (χ2n) is 8.57. The molecule has 7 heteroatoms. The number of anilines is 1. The molecule has 0 aliphatic carbocycles. The van der Waals surface area contributed by atoms with Gasteiger partial charge in [0, 0.05) is 26.3 Å². The molecule has 4 aromatic carbocycles. The minimum Gasteiger partial charge on any atom is -0.223 e. The molecule has 6 rings (SSSR count). The lowest BCUT2D eigenvalue weighted by Crippen LogP contribution is -2.21. The molecule has 0 bridgehead atoms. The van der Waals surface area contributed by atoms with E-state index >= 15 is 0 Å². The van der Waals surface area contributed by atoms with E-state index < -0.39 is 0 Å². The quantitative estimate of drug-likeness (QED) is 0.208. The summed E-state index contributed by atoms with van der Waals surface area (Å²) >= 11 is 7.09. The summed E-state index contributed by atoms with van der Waals surface area (Å²) in [5.41, 5.74) is 5.57. The Morgan fingerprint density at radius 3 is 2.22 bits per heavy atom. The Morgan fingerprint density at radius 1 is 0.750 bits per heavy atom. The second-order valence-corrected chi connectivity index (χ2v) is 10.4. The molecular formula is C29H19Br2FN4. The number of rotatable bonds is 4. The van der Waals surface area contributed by atoms with Crippen LogP contribution in [0.25, 0.3) is 22.2 Å². The highest BCUT2D eigenvalue weighted by Gasteiger charge is 2.32. The Balaban J connectivity index is 1.53. The molecule has 36 heavy (non-hydrogen) atoms. The fourth-order valence-electron chi connectivity index (χ4n) is 4.46. The molecular weight excluding hydrogens is 583 g/mol. The van der Waals surface area contributed by atoms with Gasteiger partial charge in [-0.2, -0.15) is 5.10 Å². The second kappa shape index (κ2) is 9.56. The van der Waals surface area contributed by atoms with Crippen LogP contribution in [-0.4, -0.2) is 15.7 Å². The van der Waals surface area contributed by atoms with Crippen LogP contribution >= 0.6 is 31.9 Å². The van der Waals surface area contributed by atoms with Crippen molar-refractivity contribution in [3.05, 3.63) is 123 Å². The lowest BCUT2D eigenvalue weighted by Gasteiger charge is -2.23. The largest absolute Gasteiger partial charge is 0.247 e. The number of aromatic nitrogens is 2. The number of nitrogens with zero attached hydrogens (tertiary/aromatic N) is 4. The van der Waals surface area contributed by atoms with Crippen LogP contribution in [0.4, 0.5) is 10.3 Å². The zero-order valence-electron chi connectivity index (χ0n) is 18.9. The van der Waals surface area contributed by atoms with E-state index in [0.29, 0.717) is 12.4 Å². The van der Waals surface area contributed by atoms with Crippen LogP contribution in [0.1, 0.15) is 23.6 Å².